The molecule has 0 N–H and O–H groups in total. The first-order valence-corrected chi connectivity index (χ1v) is 14.6. The third-order valence-corrected chi connectivity index (χ3v) is 7.65. The highest BCUT2D eigenvalue weighted by Gasteiger charge is 2.20. The second-order valence-electron chi connectivity index (χ2n) is 9.37. The monoisotopic (exact) mass is 592 g/mol. The number of benzene rings is 4. The van der Waals surface area contributed by atoms with Crippen molar-refractivity contribution >= 4 is 29.1 Å². The van der Waals surface area contributed by atoms with Gasteiger partial charge in [-0.05, 0) is 42.0 Å². The van der Waals surface area contributed by atoms with Crippen molar-refractivity contribution in [1.82, 2.24) is 29.8 Å². The molecule has 2 aromatic heterocycles. The van der Waals surface area contributed by atoms with Crippen LogP contribution in [0.4, 0.5) is 0 Å². The van der Waals surface area contributed by atoms with Crippen LogP contribution in [-0.4, -0.2) is 41.3 Å². The van der Waals surface area contributed by atoms with Gasteiger partial charge in [-0.1, -0.05) is 101 Å². The highest BCUT2D eigenvalue weighted by atomic mass is 35.5. The van der Waals surface area contributed by atoms with Gasteiger partial charge in [0.25, 0.3) is 0 Å². The highest BCUT2D eigenvalue weighted by molar-refractivity contribution is 7.99. The Morgan fingerprint density at radius 2 is 1.60 bits per heavy atom. The van der Waals surface area contributed by atoms with E-state index in [1.807, 2.05) is 95.7 Å². The summed E-state index contributed by atoms with van der Waals surface area (Å²) in [5.74, 6) is 1.44. The van der Waals surface area contributed by atoms with Gasteiger partial charge < -0.3 is 4.74 Å². The lowest BCUT2D eigenvalue weighted by Gasteiger charge is -2.13. The summed E-state index contributed by atoms with van der Waals surface area (Å²) >= 11 is 7.44. The van der Waals surface area contributed by atoms with Gasteiger partial charge in [-0.3, -0.25) is 9.36 Å². The molecule has 0 aliphatic carbocycles. The lowest BCUT2D eigenvalue weighted by molar-refractivity contribution is 0.102. The lowest BCUT2D eigenvalue weighted by atomic mass is 10.1. The van der Waals surface area contributed by atoms with Crippen LogP contribution in [-0.2, 0) is 13.2 Å². The van der Waals surface area contributed by atoms with Crippen LogP contribution in [0, 0.1) is 0 Å². The largest absolute Gasteiger partial charge is 0.486 e. The first-order chi connectivity index (χ1) is 20.6. The molecule has 10 heteroatoms. The maximum atomic E-state index is 12.9. The van der Waals surface area contributed by atoms with Gasteiger partial charge in [0.1, 0.15) is 18.1 Å². The van der Waals surface area contributed by atoms with Crippen molar-refractivity contribution in [2.45, 2.75) is 18.3 Å². The van der Waals surface area contributed by atoms with Crippen molar-refractivity contribution in [1.29, 1.82) is 0 Å². The predicted molar refractivity (Wildman–Crippen MR) is 163 cm³/mol. The van der Waals surface area contributed by atoms with Crippen LogP contribution >= 0.6 is 23.4 Å². The second-order valence-corrected chi connectivity index (χ2v) is 10.8. The number of carbonyl (C=O) groups excluding carboxylic acids is 1. The maximum Gasteiger partial charge on any atom is 0.192 e. The molecule has 0 saturated heterocycles. The molecule has 42 heavy (non-hydrogen) atoms. The topological polar surface area (TPSA) is 87.7 Å². The van der Waals surface area contributed by atoms with Crippen molar-refractivity contribution in [3.8, 4) is 22.8 Å². The van der Waals surface area contributed by atoms with Crippen LogP contribution in [0.25, 0.3) is 17.1 Å². The Balaban J connectivity index is 1.26. The fourth-order valence-electron chi connectivity index (χ4n) is 4.38. The number of thioether (sulfide) groups is 1. The zero-order chi connectivity index (χ0) is 28.7. The van der Waals surface area contributed by atoms with Gasteiger partial charge in [0, 0.05) is 10.6 Å². The van der Waals surface area contributed by atoms with Crippen LogP contribution in [0.15, 0.2) is 121 Å². The SMILES string of the molecule is O=C(CSc1nnc(-c2ccccc2OCc2cn(-c3ccccc3)nn2)n1Cc1ccccc1)c1cccc(Cl)c1. The van der Waals surface area contributed by atoms with E-state index in [1.54, 1.807) is 28.9 Å². The minimum absolute atomic E-state index is 0.0365. The zero-order valence-corrected chi connectivity index (χ0v) is 23.9. The highest BCUT2D eigenvalue weighted by Crippen LogP contribution is 2.32. The third-order valence-electron chi connectivity index (χ3n) is 6.44. The standard InChI is InChI=1S/C32H25ClN6O2S/c33-25-13-9-12-24(18-25)29(40)22-42-32-36-35-31(38(32)19-23-10-3-1-4-11-23)28-16-7-8-17-30(28)41-21-26-20-39(37-34-26)27-14-5-2-6-15-27/h1-18,20H,19,21-22H2. The smallest absolute Gasteiger partial charge is 0.192 e. The molecule has 6 rings (SSSR count). The molecule has 208 valence electrons. The minimum atomic E-state index is -0.0365. The second kappa shape index (κ2) is 12.8. The number of para-hydroxylation sites is 2. The van der Waals surface area contributed by atoms with Gasteiger partial charge in [0.2, 0.25) is 0 Å². The molecule has 2 heterocycles. The van der Waals surface area contributed by atoms with Gasteiger partial charge in [-0.15, -0.1) is 15.3 Å². The van der Waals surface area contributed by atoms with Gasteiger partial charge in [0.15, 0.2) is 16.8 Å². The molecular formula is C32H25ClN6O2S. The molecular weight excluding hydrogens is 568 g/mol. The van der Waals surface area contributed by atoms with E-state index in [-0.39, 0.29) is 18.1 Å². The van der Waals surface area contributed by atoms with Crippen molar-refractivity contribution < 1.29 is 9.53 Å². The Kier molecular flexibility index (Phi) is 8.39. The number of ketones is 1. The van der Waals surface area contributed by atoms with E-state index in [1.165, 1.54) is 11.8 Å². The number of hydrogen-bond donors (Lipinski definition) is 0. The molecule has 0 atom stereocenters. The predicted octanol–water partition coefficient (Wildman–Crippen LogP) is 6.78. The van der Waals surface area contributed by atoms with Gasteiger partial charge in [-0.2, -0.15) is 0 Å². The molecule has 0 unspecified atom stereocenters. The van der Waals surface area contributed by atoms with Crippen molar-refractivity contribution in [3.05, 3.63) is 137 Å². The van der Waals surface area contributed by atoms with Crippen LogP contribution in [0.2, 0.25) is 5.02 Å². The number of ether oxygens (including phenoxy) is 1. The molecule has 0 aliphatic rings. The van der Waals surface area contributed by atoms with E-state index < -0.39 is 0 Å². The summed E-state index contributed by atoms with van der Waals surface area (Å²) in [4.78, 5) is 12.9. The molecule has 0 amide bonds. The summed E-state index contributed by atoms with van der Waals surface area (Å²) in [6, 6.07) is 34.5. The van der Waals surface area contributed by atoms with E-state index in [0.29, 0.717) is 39.6 Å². The van der Waals surface area contributed by atoms with Crippen LogP contribution in [0.5, 0.6) is 5.75 Å². The molecule has 0 saturated carbocycles. The number of carbonyl (C=O) groups is 1. The Morgan fingerprint density at radius 3 is 2.40 bits per heavy atom. The van der Waals surface area contributed by atoms with Gasteiger partial charge >= 0.3 is 0 Å². The van der Waals surface area contributed by atoms with Crippen molar-refractivity contribution in [2.24, 2.45) is 0 Å². The molecule has 8 nitrogen and oxygen atoms in total. The summed E-state index contributed by atoms with van der Waals surface area (Å²) in [5, 5.41) is 18.7. The van der Waals surface area contributed by atoms with Gasteiger partial charge in [-0.25, -0.2) is 4.68 Å². The summed E-state index contributed by atoms with van der Waals surface area (Å²) in [7, 11) is 0. The molecule has 0 bridgehead atoms. The Labute approximate surface area is 252 Å². The molecule has 6 aromatic rings. The maximum absolute atomic E-state index is 12.9. The van der Waals surface area contributed by atoms with Gasteiger partial charge in [0.05, 0.1) is 29.7 Å². The summed E-state index contributed by atoms with van der Waals surface area (Å²) < 4.78 is 9.97. The quantitative estimate of drug-likeness (QED) is 0.121. The summed E-state index contributed by atoms with van der Waals surface area (Å²) in [6.07, 6.45) is 1.85. The Hall–Kier alpha value is -4.73. The molecule has 4 aromatic carbocycles. The van der Waals surface area contributed by atoms with E-state index in [9.17, 15) is 4.79 Å². The average Bonchev–Trinajstić information content (AvgIpc) is 3.67. The number of Topliss-reactive ketones (excluding diaryl/α,β-unsaturated/α-hetero) is 1. The number of halogens is 1. The van der Waals surface area contributed by atoms with Crippen LogP contribution in [0.1, 0.15) is 21.6 Å². The fraction of sp³-hybridized carbons (Fsp3) is 0.0938. The lowest BCUT2D eigenvalue weighted by Crippen LogP contribution is -2.07. The number of rotatable bonds is 11. The van der Waals surface area contributed by atoms with Crippen LogP contribution in [0.3, 0.4) is 0 Å². The Morgan fingerprint density at radius 1 is 0.833 bits per heavy atom. The number of aromatic nitrogens is 6. The summed E-state index contributed by atoms with van der Waals surface area (Å²) in [6.45, 7) is 0.753. The molecule has 0 aliphatic heterocycles. The van der Waals surface area contributed by atoms with Crippen molar-refractivity contribution in [3.63, 3.8) is 0 Å². The van der Waals surface area contributed by atoms with Crippen LogP contribution < -0.4 is 4.74 Å². The van der Waals surface area contributed by atoms with Crippen molar-refractivity contribution in [2.75, 3.05) is 5.75 Å². The first kappa shape index (κ1) is 27.4. The number of hydrogen-bond acceptors (Lipinski definition) is 7. The average molecular weight is 593 g/mol. The summed E-state index contributed by atoms with van der Waals surface area (Å²) in [5.41, 5.74) is 4.04. The normalized spacial score (nSPS) is 11.0. The fourth-order valence-corrected chi connectivity index (χ4v) is 5.40. The third kappa shape index (κ3) is 6.43. The molecule has 0 radical (unpaired) electrons. The van der Waals surface area contributed by atoms with E-state index in [2.05, 4.69) is 20.5 Å². The zero-order valence-electron chi connectivity index (χ0n) is 22.4. The van der Waals surface area contributed by atoms with E-state index in [0.717, 1.165) is 16.8 Å². The van der Waals surface area contributed by atoms with E-state index >= 15 is 0 Å². The molecule has 0 fully saturated rings. The Bertz CT molecular complexity index is 1810. The number of nitrogens with zero attached hydrogens (tertiary/aromatic N) is 6. The molecule has 0 spiro atoms. The van der Waals surface area contributed by atoms with E-state index in [4.69, 9.17) is 16.3 Å². The minimum Gasteiger partial charge on any atom is -0.486 e. The first-order valence-electron chi connectivity index (χ1n) is 13.2.